The summed E-state index contributed by atoms with van der Waals surface area (Å²) in [7, 11) is 1.91. The van der Waals surface area contributed by atoms with Crippen molar-refractivity contribution in [3.63, 3.8) is 0 Å². The first-order valence-corrected chi connectivity index (χ1v) is 11.4. The van der Waals surface area contributed by atoms with Crippen molar-refractivity contribution < 1.29 is 32.2 Å². The summed E-state index contributed by atoms with van der Waals surface area (Å²) >= 11 is 5.82. The molecule has 2 heterocycles. The van der Waals surface area contributed by atoms with Gasteiger partial charge in [0.1, 0.15) is 24.0 Å². The molecule has 190 valence electrons. The Bertz CT molecular complexity index is 1030. The molecule has 0 unspecified atom stereocenters. The minimum atomic E-state index is -4.77. The highest BCUT2D eigenvalue weighted by Crippen LogP contribution is 2.54. The minimum Gasteiger partial charge on any atom is -0.493 e. The number of aromatic nitrogens is 1. The Morgan fingerprint density at radius 2 is 1.89 bits per heavy atom. The fourth-order valence-electron chi connectivity index (χ4n) is 4.87. The molecule has 1 amide bonds. The van der Waals surface area contributed by atoms with E-state index in [1.54, 1.807) is 0 Å². The second-order valence-corrected chi connectivity index (χ2v) is 9.19. The van der Waals surface area contributed by atoms with Gasteiger partial charge < -0.3 is 24.9 Å². The van der Waals surface area contributed by atoms with E-state index in [1.165, 1.54) is 11.6 Å². The van der Waals surface area contributed by atoms with Crippen LogP contribution in [0.2, 0.25) is 5.02 Å². The number of carbonyl (C=O) groups is 2. The zero-order valence-electron chi connectivity index (χ0n) is 19.2. The predicted octanol–water partition coefficient (Wildman–Crippen LogP) is 4.47. The molecule has 1 aliphatic heterocycles. The third kappa shape index (κ3) is 6.64. The summed E-state index contributed by atoms with van der Waals surface area (Å²) in [5, 5.41) is 7.04. The highest BCUT2D eigenvalue weighted by Gasteiger charge is 2.60. The third-order valence-corrected chi connectivity index (χ3v) is 6.65. The molecule has 2 bridgehead atoms. The van der Waals surface area contributed by atoms with Crippen LogP contribution < -0.4 is 20.1 Å². The first kappa shape index (κ1) is 26.7. The molecule has 1 aromatic carbocycles. The van der Waals surface area contributed by atoms with E-state index in [1.807, 2.05) is 32.0 Å². The molecule has 3 fully saturated rings. The maximum Gasteiger partial charge on any atom is 0.573 e. The smallest absolute Gasteiger partial charge is 0.493 e. The minimum absolute atomic E-state index is 0.0813. The Morgan fingerprint density at radius 3 is 2.49 bits per heavy atom. The summed E-state index contributed by atoms with van der Waals surface area (Å²) < 4.78 is 45.3. The van der Waals surface area contributed by atoms with Crippen molar-refractivity contribution in [3.8, 4) is 11.5 Å². The Balaban J connectivity index is 0.000000220. The number of rotatable bonds is 4. The maximum absolute atomic E-state index is 12.2. The number of nitrogens with one attached hydrogen (secondary N) is 2. The lowest BCUT2D eigenvalue weighted by Gasteiger charge is -2.47. The van der Waals surface area contributed by atoms with Gasteiger partial charge in [-0.2, -0.15) is 0 Å². The van der Waals surface area contributed by atoms with Gasteiger partial charge in [-0.05, 0) is 81.5 Å². The topological polar surface area (TPSA) is 89.6 Å². The van der Waals surface area contributed by atoms with Gasteiger partial charge in [0.05, 0.1) is 12.8 Å². The van der Waals surface area contributed by atoms with Crippen molar-refractivity contribution in [1.29, 1.82) is 0 Å². The molecule has 2 aromatic rings. The zero-order chi connectivity index (χ0) is 25.7. The van der Waals surface area contributed by atoms with Gasteiger partial charge in [0.15, 0.2) is 0 Å². The van der Waals surface area contributed by atoms with E-state index in [9.17, 15) is 18.0 Å². The molecule has 11 heteroatoms. The molecular formula is C24H27ClF3N3O4. The molecule has 4 aliphatic rings. The van der Waals surface area contributed by atoms with Crippen molar-refractivity contribution in [2.75, 3.05) is 13.7 Å². The number of ether oxygens (including phenoxy) is 2. The highest BCUT2D eigenvalue weighted by molar-refractivity contribution is 6.30. The number of benzene rings is 1. The molecule has 0 atom stereocenters. The number of nitrogens with zero attached hydrogens (tertiary/aromatic N) is 1. The van der Waals surface area contributed by atoms with Crippen LogP contribution in [0.3, 0.4) is 0 Å². The first-order chi connectivity index (χ1) is 16.6. The van der Waals surface area contributed by atoms with E-state index >= 15 is 0 Å². The Labute approximate surface area is 206 Å². The zero-order valence-corrected chi connectivity index (χ0v) is 20.0. The molecule has 3 saturated carbocycles. The SMILES string of the molecule is C=O.CNC12CCC(NC(=O)c3ccc(OC(F)(F)F)cn3)(C1)C2.Clc1ccc2c(c1)CCCO2. The van der Waals surface area contributed by atoms with Crippen LogP contribution in [0.15, 0.2) is 36.5 Å². The number of hydrogen-bond acceptors (Lipinski definition) is 6. The average Bonchev–Trinajstić information content (AvgIpc) is 3.36. The summed E-state index contributed by atoms with van der Waals surface area (Å²) in [6.07, 6.45) is 1.98. The monoisotopic (exact) mass is 513 g/mol. The molecule has 6 rings (SSSR count). The van der Waals surface area contributed by atoms with Crippen molar-refractivity contribution in [2.24, 2.45) is 0 Å². The normalized spacial score (nSPS) is 23.7. The summed E-state index contributed by atoms with van der Waals surface area (Å²) in [4.78, 5) is 23.9. The third-order valence-electron chi connectivity index (χ3n) is 6.42. The van der Waals surface area contributed by atoms with Gasteiger partial charge in [-0.3, -0.25) is 4.79 Å². The van der Waals surface area contributed by atoms with Crippen LogP contribution in [0.5, 0.6) is 11.5 Å². The van der Waals surface area contributed by atoms with Gasteiger partial charge >= 0.3 is 6.36 Å². The van der Waals surface area contributed by atoms with Gasteiger partial charge in [-0.1, -0.05) is 11.6 Å². The fraction of sp³-hybridized carbons (Fsp3) is 0.458. The molecule has 0 saturated heterocycles. The van der Waals surface area contributed by atoms with E-state index in [0.29, 0.717) is 0 Å². The second-order valence-electron chi connectivity index (χ2n) is 8.75. The molecular weight excluding hydrogens is 487 g/mol. The molecule has 1 aromatic heterocycles. The number of aryl methyl sites for hydroxylation is 1. The average molecular weight is 514 g/mol. The highest BCUT2D eigenvalue weighted by atomic mass is 35.5. The molecule has 7 nitrogen and oxygen atoms in total. The quantitative estimate of drug-likeness (QED) is 0.627. The van der Waals surface area contributed by atoms with E-state index in [-0.39, 0.29) is 22.7 Å². The number of fused-ring (bicyclic) bond motifs is 2. The predicted molar refractivity (Wildman–Crippen MR) is 124 cm³/mol. The second kappa shape index (κ2) is 10.8. The van der Waals surface area contributed by atoms with E-state index in [0.717, 1.165) is 68.2 Å². The fourth-order valence-corrected chi connectivity index (χ4v) is 5.07. The van der Waals surface area contributed by atoms with Gasteiger partial charge in [0.25, 0.3) is 5.91 Å². The number of hydrogen-bond donors (Lipinski definition) is 2. The lowest BCUT2D eigenvalue weighted by atomic mass is 9.71. The number of carbonyl (C=O) groups excluding carboxylic acids is 2. The molecule has 0 spiro atoms. The van der Waals surface area contributed by atoms with Crippen LogP contribution in [0.4, 0.5) is 13.2 Å². The van der Waals surface area contributed by atoms with Crippen molar-refractivity contribution in [3.05, 3.63) is 52.8 Å². The Morgan fingerprint density at radius 1 is 1.17 bits per heavy atom. The summed E-state index contributed by atoms with van der Waals surface area (Å²) in [5.41, 5.74) is 1.25. The van der Waals surface area contributed by atoms with Crippen LogP contribution in [0.25, 0.3) is 0 Å². The van der Waals surface area contributed by atoms with Crippen LogP contribution in [0, 0.1) is 0 Å². The van der Waals surface area contributed by atoms with E-state index in [4.69, 9.17) is 21.1 Å². The van der Waals surface area contributed by atoms with Crippen molar-refractivity contribution in [2.45, 2.75) is 56.0 Å². The van der Waals surface area contributed by atoms with Crippen LogP contribution in [-0.4, -0.2) is 48.8 Å². The van der Waals surface area contributed by atoms with Gasteiger partial charge in [-0.15, -0.1) is 13.2 Å². The molecule has 2 N–H and O–H groups in total. The summed E-state index contributed by atoms with van der Waals surface area (Å²) in [6, 6.07) is 8.10. The maximum atomic E-state index is 12.2. The number of alkyl halides is 3. The number of pyridine rings is 1. The summed E-state index contributed by atoms with van der Waals surface area (Å²) in [6.45, 7) is 2.84. The van der Waals surface area contributed by atoms with E-state index < -0.39 is 12.1 Å². The van der Waals surface area contributed by atoms with Gasteiger partial charge in [0.2, 0.25) is 0 Å². The molecule has 0 radical (unpaired) electrons. The lowest BCUT2D eigenvalue weighted by molar-refractivity contribution is -0.274. The Kier molecular flexibility index (Phi) is 8.27. The first-order valence-electron chi connectivity index (χ1n) is 11.0. The van der Waals surface area contributed by atoms with E-state index in [2.05, 4.69) is 20.4 Å². The number of amides is 1. The van der Waals surface area contributed by atoms with Crippen LogP contribution in [-0.2, 0) is 11.2 Å². The van der Waals surface area contributed by atoms with Crippen molar-refractivity contribution in [1.82, 2.24) is 15.6 Å². The van der Waals surface area contributed by atoms with Crippen LogP contribution in [0.1, 0.15) is 48.2 Å². The van der Waals surface area contributed by atoms with Gasteiger partial charge in [0, 0.05) is 16.1 Å². The lowest BCUT2D eigenvalue weighted by Crippen LogP contribution is -2.62. The van der Waals surface area contributed by atoms with Crippen LogP contribution >= 0.6 is 11.6 Å². The molecule has 35 heavy (non-hydrogen) atoms. The standard InChI is InChI=1S/C14H16F3N3O2.C9H9ClO.CH2O/c1-18-12-4-5-13(7-12,8-12)20-11(21)10-3-2-9(6-19-10)22-14(15,16)17;10-8-3-4-9-7(6-8)2-1-5-11-9;1-2/h2-3,6,18H,4-5,7-8H2,1H3,(H,20,21);3-4,6H,1-2,5H2;1H2. The Hall–Kier alpha value is -2.85. The van der Waals surface area contributed by atoms with Crippen molar-refractivity contribution >= 4 is 24.3 Å². The molecule has 3 aliphatic carbocycles. The van der Waals surface area contributed by atoms with Gasteiger partial charge in [-0.25, -0.2) is 4.98 Å². The number of halogens is 4. The largest absolute Gasteiger partial charge is 0.573 e. The summed E-state index contributed by atoms with van der Waals surface area (Å²) in [5.74, 6) is 0.187.